The first-order valence-electron chi connectivity index (χ1n) is 8.95. The van der Waals surface area contributed by atoms with Crippen LogP contribution in [-0.2, 0) is 6.54 Å². The van der Waals surface area contributed by atoms with Crippen LogP contribution < -0.4 is 10.5 Å². The first-order valence-corrected chi connectivity index (χ1v) is 8.95. The number of hydrogen-bond donors (Lipinski definition) is 1. The quantitative estimate of drug-likeness (QED) is 0.733. The molecule has 4 rings (SSSR count). The van der Waals surface area contributed by atoms with Gasteiger partial charge in [-0.15, -0.1) is 12.4 Å². The highest BCUT2D eigenvalue weighted by molar-refractivity contribution is 5.85. The van der Waals surface area contributed by atoms with Crippen molar-refractivity contribution in [2.45, 2.75) is 18.5 Å². The van der Waals surface area contributed by atoms with E-state index in [-0.39, 0.29) is 18.4 Å². The molecule has 2 aromatic carbocycles. The number of likely N-dealkylation sites (tertiary alicyclic amines) is 1. The number of aromatic nitrogens is 2. The van der Waals surface area contributed by atoms with Gasteiger partial charge in [-0.2, -0.15) is 5.10 Å². The largest absolute Gasteiger partial charge is 0.494 e. The van der Waals surface area contributed by atoms with Crippen LogP contribution in [0.2, 0.25) is 0 Å². The number of para-hydroxylation sites is 2. The molecule has 142 valence electrons. The van der Waals surface area contributed by atoms with Crippen molar-refractivity contribution in [1.29, 1.82) is 0 Å². The lowest BCUT2D eigenvalue weighted by molar-refractivity contribution is 0.316. The number of methoxy groups -OCH3 is 1. The summed E-state index contributed by atoms with van der Waals surface area (Å²) in [6.45, 7) is 2.66. The van der Waals surface area contributed by atoms with Crippen molar-refractivity contribution >= 4 is 12.4 Å². The molecule has 0 amide bonds. The normalized spacial score (nSPS) is 19.6. The molecule has 3 aromatic rings. The Hall–Kier alpha value is -2.34. The lowest BCUT2D eigenvalue weighted by Gasteiger charge is -2.18. The Bertz CT molecular complexity index is 867. The molecule has 0 unspecified atom stereocenters. The zero-order valence-corrected chi connectivity index (χ0v) is 16.2. The summed E-state index contributed by atoms with van der Waals surface area (Å²) in [5.74, 6) is 1.19. The molecule has 0 saturated carbocycles. The third-order valence-corrected chi connectivity index (χ3v) is 5.09. The molecule has 0 bridgehead atoms. The molecular weight excluding hydrogens is 360 g/mol. The minimum absolute atomic E-state index is 0. The summed E-state index contributed by atoms with van der Waals surface area (Å²) in [5, 5.41) is 4.51. The lowest BCUT2D eigenvalue weighted by Crippen LogP contribution is -2.29. The molecular formula is C21H25ClN4O. The summed E-state index contributed by atoms with van der Waals surface area (Å²) in [5.41, 5.74) is 9.85. The zero-order valence-electron chi connectivity index (χ0n) is 15.4. The molecule has 1 aliphatic heterocycles. The molecule has 1 saturated heterocycles. The maximum absolute atomic E-state index is 6.44. The number of benzene rings is 2. The number of halogens is 1. The molecule has 2 atom stereocenters. The van der Waals surface area contributed by atoms with E-state index in [1.165, 1.54) is 5.56 Å². The Balaban J connectivity index is 0.00000210. The predicted molar refractivity (Wildman–Crippen MR) is 110 cm³/mol. The second-order valence-electron chi connectivity index (χ2n) is 6.78. The number of hydrogen-bond acceptors (Lipinski definition) is 4. The van der Waals surface area contributed by atoms with Gasteiger partial charge in [-0.25, -0.2) is 4.68 Å². The molecule has 0 spiro atoms. The lowest BCUT2D eigenvalue weighted by atomic mass is 9.95. The SMILES string of the molecule is COc1ccccc1-n1nccc1CN1C[C@@H](N)[C@H](c2ccccc2)C1.Cl. The maximum atomic E-state index is 6.44. The minimum atomic E-state index is 0. The van der Waals surface area contributed by atoms with E-state index in [9.17, 15) is 0 Å². The second kappa shape index (κ2) is 8.57. The van der Waals surface area contributed by atoms with Crippen LogP contribution in [0.5, 0.6) is 5.75 Å². The molecule has 1 fully saturated rings. The first kappa shape index (κ1) is 19.4. The van der Waals surface area contributed by atoms with Gasteiger partial charge in [0.15, 0.2) is 0 Å². The van der Waals surface area contributed by atoms with Crippen LogP contribution in [0, 0.1) is 0 Å². The minimum Gasteiger partial charge on any atom is -0.494 e. The average molecular weight is 385 g/mol. The first-order chi connectivity index (χ1) is 12.8. The summed E-state index contributed by atoms with van der Waals surface area (Å²) in [6.07, 6.45) is 1.84. The van der Waals surface area contributed by atoms with E-state index in [0.29, 0.717) is 5.92 Å². The van der Waals surface area contributed by atoms with Crippen LogP contribution in [0.3, 0.4) is 0 Å². The standard InChI is InChI=1S/C21H24N4O.ClH/c1-26-21-10-6-5-9-20(21)25-17(11-12-23-25)13-24-14-18(19(22)15-24)16-7-3-2-4-8-16;/h2-12,18-19H,13-15,22H2,1H3;1H/t18-,19+;/m0./s1. The molecule has 0 radical (unpaired) electrons. The Morgan fingerprint density at radius 2 is 1.78 bits per heavy atom. The van der Waals surface area contributed by atoms with Gasteiger partial charge >= 0.3 is 0 Å². The van der Waals surface area contributed by atoms with Crippen molar-refractivity contribution in [3.63, 3.8) is 0 Å². The van der Waals surface area contributed by atoms with Gasteiger partial charge in [-0.1, -0.05) is 42.5 Å². The van der Waals surface area contributed by atoms with E-state index in [4.69, 9.17) is 10.5 Å². The van der Waals surface area contributed by atoms with Crippen LogP contribution in [0.25, 0.3) is 5.69 Å². The fourth-order valence-electron chi connectivity index (χ4n) is 3.80. The Labute approximate surface area is 166 Å². The van der Waals surface area contributed by atoms with Crippen molar-refractivity contribution in [3.8, 4) is 11.4 Å². The van der Waals surface area contributed by atoms with Gasteiger partial charge in [0.05, 0.1) is 12.8 Å². The summed E-state index contributed by atoms with van der Waals surface area (Å²) in [4.78, 5) is 2.41. The molecule has 2 N–H and O–H groups in total. The van der Waals surface area contributed by atoms with Crippen LogP contribution in [0.1, 0.15) is 17.2 Å². The molecule has 0 aliphatic carbocycles. The number of nitrogens with zero attached hydrogens (tertiary/aromatic N) is 3. The third kappa shape index (κ3) is 4.00. The van der Waals surface area contributed by atoms with Crippen molar-refractivity contribution in [2.75, 3.05) is 20.2 Å². The van der Waals surface area contributed by atoms with Gasteiger partial charge in [0.1, 0.15) is 11.4 Å². The maximum Gasteiger partial charge on any atom is 0.144 e. The molecule has 1 aliphatic rings. The van der Waals surface area contributed by atoms with E-state index in [1.54, 1.807) is 7.11 Å². The number of rotatable bonds is 5. The third-order valence-electron chi connectivity index (χ3n) is 5.09. The van der Waals surface area contributed by atoms with Gasteiger partial charge in [0.25, 0.3) is 0 Å². The van der Waals surface area contributed by atoms with Crippen LogP contribution in [0.15, 0.2) is 66.9 Å². The smallest absolute Gasteiger partial charge is 0.144 e. The summed E-state index contributed by atoms with van der Waals surface area (Å²) < 4.78 is 7.45. The van der Waals surface area contributed by atoms with Crippen LogP contribution >= 0.6 is 12.4 Å². The molecule has 1 aromatic heterocycles. The topological polar surface area (TPSA) is 56.3 Å². The molecule has 5 nitrogen and oxygen atoms in total. The molecule has 27 heavy (non-hydrogen) atoms. The van der Waals surface area contributed by atoms with Crippen molar-refractivity contribution in [2.24, 2.45) is 5.73 Å². The van der Waals surface area contributed by atoms with Gasteiger partial charge in [0, 0.05) is 37.8 Å². The van der Waals surface area contributed by atoms with Gasteiger partial charge < -0.3 is 10.5 Å². The van der Waals surface area contributed by atoms with E-state index in [0.717, 1.165) is 36.8 Å². The van der Waals surface area contributed by atoms with Crippen LogP contribution in [-0.4, -0.2) is 40.9 Å². The Kier molecular flexibility index (Phi) is 6.16. The summed E-state index contributed by atoms with van der Waals surface area (Å²) >= 11 is 0. The summed E-state index contributed by atoms with van der Waals surface area (Å²) in [6, 6.07) is 20.7. The molecule has 6 heteroatoms. The van der Waals surface area contributed by atoms with Crippen molar-refractivity contribution in [1.82, 2.24) is 14.7 Å². The van der Waals surface area contributed by atoms with E-state index >= 15 is 0 Å². The predicted octanol–water partition coefficient (Wildman–Crippen LogP) is 3.23. The van der Waals surface area contributed by atoms with Crippen LogP contribution in [0.4, 0.5) is 0 Å². The van der Waals surface area contributed by atoms with Crippen molar-refractivity contribution in [3.05, 3.63) is 78.1 Å². The monoisotopic (exact) mass is 384 g/mol. The Morgan fingerprint density at radius 3 is 2.56 bits per heavy atom. The zero-order chi connectivity index (χ0) is 17.9. The number of nitrogens with two attached hydrogens (primary N) is 1. The van der Waals surface area contributed by atoms with Gasteiger partial charge in [-0.3, -0.25) is 4.90 Å². The summed E-state index contributed by atoms with van der Waals surface area (Å²) in [7, 11) is 1.69. The van der Waals surface area contributed by atoms with Gasteiger partial charge in [-0.05, 0) is 23.8 Å². The van der Waals surface area contributed by atoms with E-state index in [1.807, 2.05) is 41.2 Å². The van der Waals surface area contributed by atoms with E-state index < -0.39 is 0 Å². The fraction of sp³-hybridized carbons (Fsp3) is 0.286. The second-order valence-corrected chi connectivity index (χ2v) is 6.78. The Morgan fingerprint density at radius 1 is 1.04 bits per heavy atom. The van der Waals surface area contributed by atoms with Gasteiger partial charge in [0.2, 0.25) is 0 Å². The average Bonchev–Trinajstić information content (AvgIpc) is 3.29. The highest BCUT2D eigenvalue weighted by Gasteiger charge is 2.31. The van der Waals surface area contributed by atoms with E-state index in [2.05, 4.69) is 40.3 Å². The molecule has 2 heterocycles. The highest BCUT2D eigenvalue weighted by Crippen LogP contribution is 2.28. The van der Waals surface area contributed by atoms with Crippen molar-refractivity contribution < 1.29 is 4.74 Å². The number of ether oxygens (including phenoxy) is 1. The fourth-order valence-corrected chi connectivity index (χ4v) is 3.80. The highest BCUT2D eigenvalue weighted by atomic mass is 35.5.